The summed E-state index contributed by atoms with van der Waals surface area (Å²) in [5.41, 5.74) is 2.63. The van der Waals surface area contributed by atoms with Gasteiger partial charge in [-0.2, -0.15) is 0 Å². The number of benzene rings is 1. The van der Waals surface area contributed by atoms with E-state index in [1.807, 2.05) is 12.1 Å². The van der Waals surface area contributed by atoms with E-state index >= 15 is 0 Å². The first kappa shape index (κ1) is 14.4. The molecule has 0 unspecified atom stereocenters. The zero-order chi connectivity index (χ0) is 12.8. The van der Waals surface area contributed by atoms with Gasteiger partial charge in [-0.25, -0.2) is 4.39 Å². The molecule has 0 atom stereocenters. The number of hydrogen-bond acceptors (Lipinski definition) is 0. The van der Waals surface area contributed by atoms with Crippen molar-refractivity contribution in [3.05, 3.63) is 47.5 Å². The van der Waals surface area contributed by atoms with Crippen LogP contribution in [0, 0.1) is 5.82 Å². The molecule has 0 heterocycles. The fourth-order valence-electron chi connectivity index (χ4n) is 1.87. The summed E-state index contributed by atoms with van der Waals surface area (Å²) in [5.74, 6) is 2.21. The van der Waals surface area contributed by atoms with Gasteiger partial charge in [-0.05, 0) is 35.4 Å². The summed E-state index contributed by atoms with van der Waals surface area (Å²) in [5, 5.41) is 0. The molecule has 0 bridgehead atoms. The third-order valence-corrected chi connectivity index (χ3v) is 5.68. The van der Waals surface area contributed by atoms with E-state index in [2.05, 4.69) is 39.6 Å². The van der Waals surface area contributed by atoms with Crippen molar-refractivity contribution in [1.82, 2.24) is 0 Å². The van der Waals surface area contributed by atoms with Crippen molar-refractivity contribution < 1.29 is 4.39 Å². The topological polar surface area (TPSA) is 0 Å². The van der Waals surface area contributed by atoms with Gasteiger partial charge in [0.25, 0.3) is 0 Å². The predicted octanol–water partition coefficient (Wildman–Crippen LogP) is 5.18. The summed E-state index contributed by atoms with van der Waals surface area (Å²) < 4.78 is 12.7. The minimum Gasteiger partial charge on any atom is -0.207 e. The van der Waals surface area contributed by atoms with Crippen molar-refractivity contribution in [2.24, 2.45) is 0 Å². The second kappa shape index (κ2) is 6.91. The van der Waals surface area contributed by atoms with Gasteiger partial charge in [0, 0.05) is 0 Å². The van der Waals surface area contributed by atoms with E-state index in [0.717, 1.165) is 17.7 Å². The SMILES string of the molecule is CC(C)P(C=CCc1ccc(F)cc1)C(C)C. The van der Waals surface area contributed by atoms with Gasteiger partial charge >= 0.3 is 0 Å². The van der Waals surface area contributed by atoms with Gasteiger partial charge in [-0.15, -0.1) is 0 Å². The van der Waals surface area contributed by atoms with Crippen molar-refractivity contribution in [2.75, 3.05) is 0 Å². The predicted molar refractivity (Wildman–Crippen MR) is 76.4 cm³/mol. The van der Waals surface area contributed by atoms with E-state index < -0.39 is 0 Å². The molecule has 0 N–H and O–H groups in total. The zero-order valence-corrected chi connectivity index (χ0v) is 12.0. The summed E-state index contributed by atoms with van der Waals surface area (Å²) in [6.07, 6.45) is 3.14. The van der Waals surface area contributed by atoms with Crippen LogP contribution in [0.25, 0.3) is 0 Å². The molecule has 0 saturated carbocycles. The van der Waals surface area contributed by atoms with Crippen molar-refractivity contribution >= 4 is 7.92 Å². The van der Waals surface area contributed by atoms with Crippen LogP contribution >= 0.6 is 7.92 Å². The Morgan fingerprint density at radius 2 is 1.59 bits per heavy atom. The van der Waals surface area contributed by atoms with Crippen LogP contribution < -0.4 is 0 Å². The van der Waals surface area contributed by atoms with Gasteiger partial charge in [0.2, 0.25) is 0 Å². The van der Waals surface area contributed by atoms with Crippen LogP contribution in [0.4, 0.5) is 4.39 Å². The van der Waals surface area contributed by atoms with E-state index in [0.29, 0.717) is 0 Å². The van der Waals surface area contributed by atoms with Crippen molar-refractivity contribution in [2.45, 2.75) is 45.4 Å². The average molecular weight is 252 g/mol. The fraction of sp³-hybridized carbons (Fsp3) is 0.467. The molecule has 0 spiro atoms. The number of halogens is 1. The molecule has 0 nitrogen and oxygen atoms in total. The third kappa shape index (κ3) is 5.00. The van der Waals surface area contributed by atoms with Crippen LogP contribution in [-0.2, 0) is 6.42 Å². The molecule has 0 aromatic heterocycles. The van der Waals surface area contributed by atoms with Crippen molar-refractivity contribution in [3.8, 4) is 0 Å². The molecule has 1 aromatic carbocycles. The molecule has 0 fully saturated rings. The largest absolute Gasteiger partial charge is 0.207 e. The van der Waals surface area contributed by atoms with E-state index in [9.17, 15) is 4.39 Å². The lowest BCUT2D eigenvalue weighted by Gasteiger charge is -2.21. The van der Waals surface area contributed by atoms with Gasteiger partial charge in [0.15, 0.2) is 0 Å². The normalized spacial score (nSPS) is 12.2. The number of allylic oxidation sites excluding steroid dienone is 1. The molecular formula is C15H22FP. The highest BCUT2D eigenvalue weighted by atomic mass is 31.1. The third-order valence-electron chi connectivity index (χ3n) is 2.74. The highest BCUT2D eigenvalue weighted by molar-refractivity contribution is 7.62. The molecule has 0 aliphatic heterocycles. The van der Waals surface area contributed by atoms with Crippen LogP contribution in [0.3, 0.4) is 0 Å². The summed E-state index contributed by atoms with van der Waals surface area (Å²) in [6.45, 7) is 9.14. The molecule has 2 heteroatoms. The summed E-state index contributed by atoms with van der Waals surface area (Å²) in [4.78, 5) is 0. The van der Waals surface area contributed by atoms with E-state index in [-0.39, 0.29) is 13.7 Å². The smallest absolute Gasteiger partial charge is 0.123 e. The van der Waals surface area contributed by atoms with Crippen LogP contribution in [-0.4, -0.2) is 11.3 Å². The zero-order valence-electron chi connectivity index (χ0n) is 11.2. The minimum atomic E-state index is -0.163. The van der Waals surface area contributed by atoms with Gasteiger partial charge in [0.1, 0.15) is 5.82 Å². The first-order chi connectivity index (χ1) is 8.00. The van der Waals surface area contributed by atoms with E-state index in [1.54, 1.807) is 0 Å². The average Bonchev–Trinajstić information content (AvgIpc) is 2.25. The number of hydrogen-bond donors (Lipinski definition) is 0. The molecular weight excluding hydrogens is 230 g/mol. The summed E-state index contributed by atoms with van der Waals surface area (Å²) in [6, 6.07) is 6.76. The van der Waals surface area contributed by atoms with Gasteiger partial charge in [-0.1, -0.05) is 59.6 Å². The Bertz CT molecular complexity index is 344. The molecule has 17 heavy (non-hydrogen) atoms. The fourth-order valence-corrected chi connectivity index (χ4v) is 4.10. The lowest BCUT2D eigenvalue weighted by molar-refractivity contribution is 0.627. The molecule has 0 radical (unpaired) electrons. The lowest BCUT2D eigenvalue weighted by atomic mass is 10.1. The number of rotatable bonds is 5. The van der Waals surface area contributed by atoms with Gasteiger partial charge in [0.05, 0.1) is 0 Å². The Kier molecular flexibility index (Phi) is 5.85. The minimum absolute atomic E-state index is 0.0358. The standard InChI is InChI=1S/C15H22FP/c1-12(2)17(13(3)4)11-5-6-14-7-9-15(16)10-8-14/h5,7-13H,6H2,1-4H3. The monoisotopic (exact) mass is 252 g/mol. The maximum Gasteiger partial charge on any atom is 0.123 e. The molecule has 0 saturated heterocycles. The second-order valence-electron chi connectivity index (χ2n) is 4.85. The summed E-state index contributed by atoms with van der Waals surface area (Å²) >= 11 is 0. The van der Waals surface area contributed by atoms with Gasteiger partial charge < -0.3 is 0 Å². The van der Waals surface area contributed by atoms with Crippen molar-refractivity contribution in [1.29, 1.82) is 0 Å². The van der Waals surface area contributed by atoms with Crippen LogP contribution in [0.5, 0.6) is 0 Å². The van der Waals surface area contributed by atoms with Crippen LogP contribution in [0.2, 0.25) is 0 Å². The Hall–Kier alpha value is -0.680. The van der Waals surface area contributed by atoms with Crippen LogP contribution in [0.15, 0.2) is 36.2 Å². The quantitative estimate of drug-likeness (QED) is 0.633. The Labute approximate surface area is 106 Å². The molecule has 1 rings (SSSR count). The molecule has 0 aliphatic carbocycles. The molecule has 94 valence electrons. The molecule has 0 aliphatic rings. The van der Waals surface area contributed by atoms with E-state index in [4.69, 9.17) is 0 Å². The second-order valence-corrected chi connectivity index (χ2v) is 8.11. The lowest BCUT2D eigenvalue weighted by Crippen LogP contribution is -2.00. The highest BCUT2D eigenvalue weighted by Gasteiger charge is 2.12. The Morgan fingerprint density at radius 3 is 2.06 bits per heavy atom. The maximum absolute atomic E-state index is 12.7. The molecule has 1 aromatic rings. The molecule has 0 amide bonds. The Balaban J connectivity index is 2.56. The summed E-state index contributed by atoms with van der Waals surface area (Å²) in [7, 11) is -0.0358. The highest BCUT2D eigenvalue weighted by Crippen LogP contribution is 2.47. The first-order valence-electron chi connectivity index (χ1n) is 6.19. The van der Waals surface area contributed by atoms with E-state index in [1.165, 1.54) is 17.7 Å². The van der Waals surface area contributed by atoms with Crippen LogP contribution in [0.1, 0.15) is 33.3 Å². The first-order valence-corrected chi connectivity index (χ1v) is 7.74. The maximum atomic E-state index is 12.7. The Morgan fingerprint density at radius 1 is 1.06 bits per heavy atom. The van der Waals surface area contributed by atoms with Crippen molar-refractivity contribution in [3.63, 3.8) is 0 Å². The van der Waals surface area contributed by atoms with Gasteiger partial charge in [-0.3, -0.25) is 0 Å².